The van der Waals surface area contributed by atoms with Crippen molar-refractivity contribution in [1.82, 2.24) is 10.3 Å². The van der Waals surface area contributed by atoms with E-state index < -0.39 is 0 Å². The summed E-state index contributed by atoms with van der Waals surface area (Å²) in [7, 11) is 0. The van der Waals surface area contributed by atoms with Gasteiger partial charge in [-0.05, 0) is 19.9 Å². The molecule has 1 aromatic heterocycles. The lowest BCUT2D eigenvalue weighted by Gasteiger charge is -2.22. The topological polar surface area (TPSA) is 60.5 Å². The van der Waals surface area contributed by atoms with Gasteiger partial charge >= 0.3 is 0 Å². The van der Waals surface area contributed by atoms with Gasteiger partial charge in [0.2, 0.25) is 5.88 Å². The summed E-state index contributed by atoms with van der Waals surface area (Å²) in [6.07, 6.45) is 3.48. The van der Waals surface area contributed by atoms with Gasteiger partial charge in [-0.2, -0.15) is 0 Å². The second kappa shape index (κ2) is 6.52. The SMILES string of the molecule is CC(C)NC(=O)c1ccc(OC2CCOCC2)nc1. The largest absolute Gasteiger partial charge is 0.474 e. The lowest BCUT2D eigenvalue weighted by Crippen LogP contribution is -2.30. The van der Waals surface area contributed by atoms with Crippen molar-refractivity contribution in [2.24, 2.45) is 0 Å². The Balaban J connectivity index is 1.92. The summed E-state index contributed by atoms with van der Waals surface area (Å²) in [4.78, 5) is 15.9. The minimum atomic E-state index is -0.111. The molecule has 0 radical (unpaired) electrons. The van der Waals surface area contributed by atoms with Crippen LogP contribution in [0.25, 0.3) is 0 Å². The van der Waals surface area contributed by atoms with Crippen LogP contribution in [0.3, 0.4) is 0 Å². The van der Waals surface area contributed by atoms with Gasteiger partial charge < -0.3 is 14.8 Å². The fourth-order valence-electron chi connectivity index (χ4n) is 1.89. The fraction of sp³-hybridized carbons (Fsp3) is 0.571. The molecular weight excluding hydrogens is 244 g/mol. The van der Waals surface area contributed by atoms with Crippen molar-refractivity contribution in [3.8, 4) is 5.88 Å². The average Bonchev–Trinajstić information content (AvgIpc) is 2.40. The highest BCUT2D eigenvalue weighted by molar-refractivity contribution is 5.94. The minimum Gasteiger partial charge on any atom is -0.474 e. The number of pyridine rings is 1. The number of hydrogen-bond donors (Lipinski definition) is 1. The van der Waals surface area contributed by atoms with E-state index in [9.17, 15) is 4.79 Å². The van der Waals surface area contributed by atoms with E-state index in [1.165, 1.54) is 0 Å². The van der Waals surface area contributed by atoms with Gasteiger partial charge in [-0.1, -0.05) is 0 Å². The lowest BCUT2D eigenvalue weighted by atomic mass is 10.1. The molecule has 104 valence electrons. The summed E-state index contributed by atoms with van der Waals surface area (Å²) in [5.74, 6) is 0.452. The molecule has 1 fully saturated rings. The minimum absolute atomic E-state index is 0.111. The average molecular weight is 264 g/mol. The number of aromatic nitrogens is 1. The summed E-state index contributed by atoms with van der Waals surface area (Å²) in [6, 6.07) is 3.59. The van der Waals surface area contributed by atoms with Gasteiger partial charge in [0.1, 0.15) is 6.10 Å². The standard InChI is InChI=1S/C14H20N2O3/c1-10(2)16-14(17)11-3-4-13(15-9-11)19-12-5-7-18-8-6-12/h3-4,9-10,12H,5-8H2,1-2H3,(H,16,17). The smallest absolute Gasteiger partial charge is 0.253 e. The molecule has 5 heteroatoms. The molecule has 1 amide bonds. The molecule has 1 N–H and O–H groups in total. The number of nitrogens with one attached hydrogen (secondary N) is 1. The van der Waals surface area contributed by atoms with Crippen LogP contribution in [0.15, 0.2) is 18.3 Å². The first-order valence-electron chi connectivity index (χ1n) is 6.66. The van der Waals surface area contributed by atoms with Gasteiger partial charge in [-0.15, -0.1) is 0 Å². The molecule has 0 unspecified atom stereocenters. The first-order valence-corrected chi connectivity index (χ1v) is 6.66. The molecule has 0 aliphatic carbocycles. The van der Waals surface area contributed by atoms with E-state index in [-0.39, 0.29) is 18.1 Å². The van der Waals surface area contributed by atoms with Gasteiger partial charge in [0.05, 0.1) is 18.8 Å². The Bertz CT molecular complexity index is 411. The van der Waals surface area contributed by atoms with Crippen LogP contribution < -0.4 is 10.1 Å². The predicted molar refractivity (Wildman–Crippen MR) is 71.3 cm³/mol. The first-order chi connectivity index (χ1) is 9.15. The number of nitrogens with zero attached hydrogens (tertiary/aromatic N) is 1. The molecule has 5 nitrogen and oxygen atoms in total. The highest BCUT2D eigenvalue weighted by Crippen LogP contribution is 2.15. The molecular formula is C14H20N2O3. The fourth-order valence-corrected chi connectivity index (χ4v) is 1.89. The van der Waals surface area contributed by atoms with Gasteiger partial charge in [-0.25, -0.2) is 4.98 Å². The highest BCUT2D eigenvalue weighted by Gasteiger charge is 2.16. The predicted octanol–water partition coefficient (Wildman–Crippen LogP) is 1.78. The number of rotatable bonds is 4. The highest BCUT2D eigenvalue weighted by atomic mass is 16.5. The second-order valence-corrected chi connectivity index (χ2v) is 4.94. The van der Waals surface area contributed by atoms with Gasteiger partial charge in [0, 0.05) is 31.1 Å². The van der Waals surface area contributed by atoms with E-state index in [1.807, 2.05) is 13.8 Å². The van der Waals surface area contributed by atoms with E-state index in [0.29, 0.717) is 11.4 Å². The van der Waals surface area contributed by atoms with Crippen molar-refractivity contribution < 1.29 is 14.3 Å². The van der Waals surface area contributed by atoms with Gasteiger partial charge in [0.15, 0.2) is 0 Å². The molecule has 1 aliphatic rings. The number of ether oxygens (including phenoxy) is 2. The molecule has 0 saturated carbocycles. The third-order valence-corrected chi connectivity index (χ3v) is 2.87. The Labute approximate surface area is 113 Å². The molecule has 19 heavy (non-hydrogen) atoms. The van der Waals surface area contributed by atoms with Crippen molar-refractivity contribution >= 4 is 5.91 Å². The monoisotopic (exact) mass is 264 g/mol. The maximum absolute atomic E-state index is 11.7. The molecule has 0 bridgehead atoms. The van der Waals surface area contributed by atoms with Crippen LogP contribution in [0.1, 0.15) is 37.0 Å². The van der Waals surface area contributed by atoms with Gasteiger partial charge in [0.25, 0.3) is 5.91 Å². The van der Waals surface area contributed by atoms with Crippen LogP contribution in [0.5, 0.6) is 5.88 Å². The molecule has 1 saturated heterocycles. The van der Waals surface area contributed by atoms with Gasteiger partial charge in [-0.3, -0.25) is 4.79 Å². The van der Waals surface area contributed by atoms with Crippen molar-refractivity contribution in [2.45, 2.75) is 38.8 Å². The molecule has 0 spiro atoms. The van der Waals surface area contributed by atoms with Crippen LogP contribution in [0, 0.1) is 0 Å². The molecule has 0 aromatic carbocycles. The second-order valence-electron chi connectivity index (χ2n) is 4.94. The van der Waals surface area contributed by atoms with E-state index in [4.69, 9.17) is 9.47 Å². The normalized spacial score (nSPS) is 16.4. The Kier molecular flexibility index (Phi) is 4.74. The number of carbonyl (C=O) groups is 1. The van der Waals surface area contributed by atoms with E-state index in [1.54, 1.807) is 18.3 Å². The molecule has 2 rings (SSSR count). The van der Waals surface area contributed by atoms with Crippen LogP contribution in [-0.4, -0.2) is 36.3 Å². The van der Waals surface area contributed by atoms with Crippen LogP contribution in [0.2, 0.25) is 0 Å². The Morgan fingerprint density at radius 3 is 2.74 bits per heavy atom. The summed E-state index contributed by atoms with van der Waals surface area (Å²) in [5, 5.41) is 2.82. The van der Waals surface area contributed by atoms with E-state index in [0.717, 1.165) is 26.1 Å². The summed E-state index contributed by atoms with van der Waals surface area (Å²) in [5.41, 5.74) is 0.549. The van der Waals surface area contributed by atoms with E-state index in [2.05, 4.69) is 10.3 Å². The lowest BCUT2D eigenvalue weighted by molar-refractivity contribution is 0.0237. The van der Waals surface area contributed by atoms with Crippen LogP contribution in [0.4, 0.5) is 0 Å². The molecule has 1 aliphatic heterocycles. The summed E-state index contributed by atoms with van der Waals surface area (Å²) >= 11 is 0. The number of amides is 1. The van der Waals surface area contributed by atoms with Crippen molar-refractivity contribution in [2.75, 3.05) is 13.2 Å². The molecule has 1 aromatic rings. The third-order valence-electron chi connectivity index (χ3n) is 2.87. The van der Waals surface area contributed by atoms with Crippen LogP contribution >= 0.6 is 0 Å². The van der Waals surface area contributed by atoms with Crippen molar-refractivity contribution in [3.05, 3.63) is 23.9 Å². The molecule has 0 atom stereocenters. The Morgan fingerprint density at radius 2 is 2.16 bits per heavy atom. The summed E-state index contributed by atoms with van der Waals surface area (Å²) < 4.78 is 11.0. The zero-order valence-electron chi connectivity index (χ0n) is 11.4. The first kappa shape index (κ1) is 13.8. The Morgan fingerprint density at radius 1 is 1.42 bits per heavy atom. The number of hydrogen-bond acceptors (Lipinski definition) is 4. The number of carbonyl (C=O) groups excluding carboxylic acids is 1. The van der Waals surface area contributed by atoms with E-state index >= 15 is 0 Å². The third kappa shape index (κ3) is 4.21. The van der Waals surface area contributed by atoms with Crippen LogP contribution in [-0.2, 0) is 4.74 Å². The molecule has 2 heterocycles. The quantitative estimate of drug-likeness (QED) is 0.900. The zero-order valence-corrected chi connectivity index (χ0v) is 11.4. The van der Waals surface area contributed by atoms with Crippen molar-refractivity contribution in [1.29, 1.82) is 0 Å². The van der Waals surface area contributed by atoms with Crippen molar-refractivity contribution in [3.63, 3.8) is 0 Å². The maximum atomic E-state index is 11.7. The zero-order chi connectivity index (χ0) is 13.7. The maximum Gasteiger partial charge on any atom is 0.253 e. The Hall–Kier alpha value is -1.62. The summed E-state index contributed by atoms with van der Waals surface area (Å²) in [6.45, 7) is 5.32.